The number of aryl methyl sites for hydroxylation is 1. The smallest absolute Gasteiger partial charge is 0.335 e. The van der Waals surface area contributed by atoms with E-state index in [0.717, 1.165) is 16.6 Å². The highest BCUT2D eigenvalue weighted by molar-refractivity contribution is 5.89. The molecule has 0 unspecified atom stereocenters. The molecule has 3 rings (SSSR count). The molecule has 0 aliphatic rings. The largest absolute Gasteiger partial charge is 0.478 e. The van der Waals surface area contributed by atoms with E-state index in [4.69, 9.17) is 5.11 Å². The van der Waals surface area contributed by atoms with Gasteiger partial charge in [0.25, 0.3) is 0 Å². The van der Waals surface area contributed by atoms with Crippen LogP contribution in [0.1, 0.15) is 15.9 Å². The van der Waals surface area contributed by atoms with E-state index in [2.05, 4.69) is 15.0 Å². The number of fused-ring (bicyclic) bond motifs is 1. The predicted molar refractivity (Wildman–Crippen MR) is 71.0 cm³/mol. The Kier molecular flexibility index (Phi) is 2.52. The number of aromatic amines is 1. The Morgan fingerprint density at radius 2 is 2.16 bits per heavy atom. The summed E-state index contributed by atoms with van der Waals surface area (Å²) in [5, 5.41) is 9.00. The number of aromatic carboxylic acids is 1. The second-order valence-corrected chi connectivity index (χ2v) is 4.30. The Hall–Kier alpha value is -2.69. The van der Waals surface area contributed by atoms with E-state index in [9.17, 15) is 4.79 Å². The lowest BCUT2D eigenvalue weighted by molar-refractivity contribution is 0.0697. The summed E-state index contributed by atoms with van der Waals surface area (Å²) in [6, 6.07) is 8.57. The molecule has 0 aliphatic carbocycles. The average molecular weight is 253 g/mol. The molecular formula is C14H11N3O2. The number of hydrogen-bond donors (Lipinski definition) is 2. The van der Waals surface area contributed by atoms with Crippen LogP contribution in [0.5, 0.6) is 0 Å². The summed E-state index contributed by atoms with van der Waals surface area (Å²) in [4.78, 5) is 22.7. The van der Waals surface area contributed by atoms with Gasteiger partial charge in [0.15, 0.2) is 5.65 Å². The molecule has 0 fully saturated rings. The molecule has 0 bridgehead atoms. The number of imidazole rings is 1. The quantitative estimate of drug-likeness (QED) is 0.735. The third-order valence-electron chi connectivity index (χ3n) is 2.98. The highest BCUT2D eigenvalue weighted by Crippen LogP contribution is 2.21. The first-order chi connectivity index (χ1) is 9.15. The minimum atomic E-state index is -0.952. The van der Waals surface area contributed by atoms with Crippen molar-refractivity contribution in [2.24, 2.45) is 0 Å². The summed E-state index contributed by atoms with van der Waals surface area (Å²) in [6.07, 6.45) is 1.70. The number of nitrogens with zero attached hydrogens (tertiary/aromatic N) is 2. The van der Waals surface area contributed by atoms with E-state index >= 15 is 0 Å². The van der Waals surface area contributed by atoms with Gasteiger partial charge in [0, 0.05) is 11.8 Å². The zero-order valence-electron chi connectivity index (χ0n) is 10.2. The Labute approximate surface area is 109 Å². The molecule has 0 radical (unpaired) electrons. The maximum Gasteiger partial charge on any atom is 0.335 e. The van der Waals surface area contributed by atoms with Gasteiger partial charge in [-0.15, -0.1) is 0 Å². The molecule has 2 heterocycles. The van der Waals surface area contributed by atoms with Gasteiger partial charge in [0.05, 0.1) is 11.1 Å². The standard InChI is InChI=1S/C14H11N3O2/c1-8-5-6-15-13-11(8)16-12(17-13)9-3-2-4-10(7-9)14(18)19/h2-7H,1H3,(H,18,19)(H,15,16,17). The van der Waals surface area contributed by atoms with Crippen molar-refractivity contribution in [2.75, 3.05) is 0 Å². The Balaban J connectivity index is 2.16. The van der Waals surface area contributed by atoms with Crippen molar-refractivity contribution >= 4 is 17.1 Å². The number of rotatable bonds is 2. The van der Waals surface area contributed by atoms with Crippen molar-refractivity contribution in [1.82, 2.24) is 15.0 Å². The fourth-order valence-electron chi connectivity index (χ4n) is 1.97. The summed E-state index contributed by atoms with van der Waals surface area (Å²) < 4.78 is 0. The number of nitrogens with one attached hydrogen (secondary N) is 1. The third-order valence-corrected chi connectivity index (χ3v) is 2.98. The van der Waals surface area contributed by atoms with Crippen LogP contribution >= 0.6 is 0 Å². The zero-order chi connectivity index (χ0) is 13.4. The number of carbonyl (C=O) groups is 1. The van der Waals surface area contributed by atoms with Crippen LogP contribution in [0.4, 0.5) is 0 Å². The van der Waals surface area contributed by atoms with Crippen LogP contribution in [-0.4, -0.2) is 26.0 Å². The zero-order valence-corrected chi connectivity index (χ0v) is 10.2. The Bertz CT molecular complexity index is 777. The molecule has 0 amide bonds. The second-order valence-electron chi connectivity index (χ2n) is 4.30. The van der Waals surface area contributed by atoms with Gasteiger partial charge in [-0.25, -0.2) is 14.8 Å². The highest BCUT2D eigenvalue weighted by atomic mass is 16.4. The molecular weight excluding hydrogens is 242 g/mol. The second kappa shape index (κ2) is 4.20. The van der Waals surface area contributed by atoms with Gasteiger partial charge >= 0.3 is 5.97 Å². The summed E-state index contributed by atoms with van der Waals surface area (Å²) in [7, 11) is 0. The summed E-state index contributed by atoms with van der Waals surface area (Å²) in [6.45, 7) is 1.97. The highest BCUT2D eigenvalue weighted by Gasteiger charge is 2.10. The van der Waals surface area contributed by atoms with Gasteiger partial charge in [-0.05, 0) is 30.7 Å². The van der Waals surface area contributed by atoms with Gasteiger partial charge in [-0.3, -0.25) is 0 Å². The molecule has 2 N–H and O–H groups in total. The topological polar surface area (TPSA) is 78.9 Å². The average Bonchev–Trinajstić information content (AvgIpc) is 2.84. The molecule has 5 heteroatoms. The summed E-state index contributed by atoms with van der Waals surface area (Å²) in [5.41, 5.74) is 3.53. The summed E-state index contributed by atoms with van der Waals surface area (Å²) in [5.74, 6) is -0.327. The number of aromatic nitrogens is 3. The number of hydrogen-bond acceptors (Lipinski definition) is 3. The lowest BCUT2D eigenvalue weighted by atomic mass is 10.1. The van der Waals surface area contributed by atoms with Gasteiger partial charge in [0.1, 0.15) is 5.82 Å². The number of benzene rings is 1. The Morgan fingerprint density at radius 1 is 1.32 bits per heavy atom. The van der Waals surface area contributed by atoms with Gasteiger partial charge in [-0.1, -0.05) is 12.1 Å². The first-order valence-electron chi connectivity index (χ1n) is 5.80. The van der Waals surface area contributed by atoms with Gasteiger partial charge in [0.2, 0.25) is 0 Å². The SMILES string of the molecule is Cc1ccnc2nc(-c3cccc(C(=O)O)c3)[nH]c12. The van der Waals surface area contributed by atoms with Crippen LogP contribution in [0.25, 0.3) is 22.6 Å². The Morgan fingerprint density at radius 3 is 2.89 bits per heavy atom. The van der Waals surface area contributed by atoms with Crippen LogP contribution in [-0.2, 0) is 0 Å². The van der Waals surface area contributed by atoms with E-state index in [1.54, 1.807) is 24.4 Å². The molecule has 0 saturated carbocycles. The van der Waals surface area contributed by atoms with Crippen molar-refractivity contribution in [2.45, 2.75) is 6.92 Å². The molecule has 2 aromatic heterocycles. The predicted octanol–water partition coefficient (Wildman–Crippen LogP) is 2.63. The lowest BCUT2D eigenvalue weighted by Gasteiger charge is -1.98. The summed E-state index contributed by atoms with van der Waals surface area (Å²) >= 11 is 0. The minimum Gasteiger partial charge on any atom is -0.478 e. The maximum absolute atomic E-state index is 11.0. The van der Waals surface area contributed by atoms with E-state index in [0.29, 0.717) is 11.5 Å². The fraction of sp³-hybridized carbons (Fsp3) is 0.0714. The van der Waals surface area contributed by atoms with E-state index in [1.807, 2.05) is 19.1 Å². The molecule has 5 nitrogen and oxygen atoms in total. The maximum atomic E-state index is 11.0. The van der Waals surface area contributed by atoms with Crippen LogP contribution in [0.15, 0.2) is 36.5 Å². The van der Waals surface area contributed by atoms with Crippen molar-refractivity contribution in [3.8, 4) is 11.4 Å². The van der Waals surface area contributed by atoms with E-state index in [-0.39, 0.29) is 5.56 Å². The monoisotopic (exact) mass is 253 g/mol. The van der Waals surface area contributed by atoms with Crippen LogP contribution in [0, 0.1) is 6.92 Å². The van der Waals surface area contributed by atoms with Crippen molar-refractivity contribution in [1.29, 1.82) is 0 Å². The number of carboxylic acids is 1. The third kappa shape index (κ3) is 1.95. The van der Waals surface area contributed by atoms with Crippen molar-refractivity contribution in [3.05, 3.63) is 47.7 Å². The molecule has 0 aliphatic heterocycles. The number of carboxylic acid groups (broad SMARTS) is 1. The molecule has 0 atom stereocenters. The molecule has 94 valence electrons. The normalized spacial score (nSPS) is 10.8. The lowest BCUT2D eigenvalue weighted by Crippen LogP contribution is -1.96. The minimum absolute atomic E-state index is 0.239. The first-order valence-corrected chi connectivity index (χ1v) is 5.80. The van der Waals surface area contributed by atoms with Crippen LogP contribution in [0.2, 0.25) is 0 Å². The molecule has 3 aromatic rings. The molecule has 0 saturated heterocycles. The van der Waals surface area contributed by atoms with Crippen molar-refractivity contribution < 1.29 is 9.90 Å². The van der Waals surface area contributed by atoms with E-state index < -0.39 is 5.97 Å². The van der Waals surface area contributed by atoms with Crippen molar-refractivity contribution in [3.63, 3.8) is 0 Å². The van der Waals surface area contributed by atoms with Crippen LogP contribution < -0.4 is 0 Å². The van der Waals surface area contributed by atoms with Gasteiger partial charge in [-0.2, -0.15) is 0 Å². The van der Waals surface area contributed by atoms with E-state index in [1.165, 1.54) is 0 Å². The number of pyridine rings is 1. The molecule has 0 spiro atoms. The fourth-order valence-corrected chi connectivity index (χ4v) is 1.97. The molecule has 1 aromatic carbocycles. The van der Waals surface area contributed by atoms with Gasteiger partial charge < -0.3 is 10.1 Å². The van der Waals surface area contributed by atoms with Crippen LogP contribution in [0.3, 0.4) is 0 Å². The number of H-pyrrole nitrogens is 1. The molecule has 19 heavy (non-hydrogen) atoms. The first kappa shape index (κ1) is 11.4.